The van der Waals surface area contributed by atoms with Crippen LogP contribution in [0.25, 0.3) is 11.4 Å². The first kappa shape index (κ1) is 19.2. The van der Waals surface area contributed by atoms with Crippen LogP contribution in [0.5, 0.6) is 0 Å². The van der Waals surface area contributed by atoms with Crippen LogP contribution in [0.4, 0.5) is 17.6 Å². The number of benzene rings is 1. The number of carbonyl (C=O) groups is 1. The van der Waals surface area contributed by atoms with Crippen molar-refractivity contribution in [2.75, 3.05) is 33.4 Å². The highest BCUT2D eigenvalue weighted by molar-refractivity contribution is 5.94. The number of carbonyl (C=O) groups excluding carboxylic acids is 1. The smallest absolute Gasteiger partial charge is 0.376 e. The number of amides is 1. The van der Waals surface area contributed by atoms with E-state index in [0.29, 0.717) is 19.8 Å². The maximum atomic E-state index is 14.4. The van der Waals surface area contributed by atoms with Crippen LogP contribution in [0.2, 0.25) is 0 Å². The summed E-state index contributed by atoms with van der Waals surface area (Å²) in [6, 6.07) is 3.28. The zero-order chi connectivity index (χ0) is 19.6. The maximum absolute atomic E-state index is 14.4. The van der Waals surface area contributed by atoms with E-state index in [1.807, 2.05) is 0 Å². The van der Waals surface area contributed by atoms with Crippen LogP contribution >= 0.6 is 0 Å². The summed E-state index contributed by atoms with van der Waals surface area (Å²) in [6.45, 7) is 1.44. The number of likely N-dealkylation sites (N-methyl/N-ethyl adjacent to an activating group) is 1. The van der Waals surface area contributed by atoms with Crippen LogP contribution in [0.15, 0.2) is 22.7 Å². The molecule has 146 valence electrons. The molecule has 0 aliphatic carbocycles. The topological polar surface area (TPSA) is 77.7 Å². The Morgan fingerprint density at radius 3 is 2.70 bits per heavy atom. The molecule has 1 atom stereocenters. The molecule has 11 heteroatoms. The van der Waals surface area contributed by atoms with Gasteiger partial charge in [0.25, 0.3) is 5.91 Å². The van der Waals surface area contributed by atoms with Gasteiger partial charge in [0.05, 0.1) is 31.5 Å². The number of ether oxygens (including phenoxy) is 2. The molecule has 27 heavy (non-hydrogen) atoms. The van der Waals surface area contributed by atoms with Gasteiger partial charge in [-0.2, -0.15) is 18.2 Å². The summed E-state index contributed by atoms with van der Waals surface area (Å²) in [5.41, 5.74) is -0.285. The Morgan fingerprint density at radius 2 is 2.11 bits per heavy atom. The minimum atomic E-state index is -4.80. The highest BCUT2D eigenvalue weighted by Gasteiger charge is 2.38. The van der Waals surface area contributed by atoms with Crippen molar-refractivity contribution < 1.29 is 36.4 Å². The number of hydrogen-bond acceptors (Lipinski definition) is 6. The number of alkyl halides is 3. The fourth-order valence-corrected chi connectivity index (χ4v) is 2.52. The van der Waals surface area contributed by atoms with Gasteiger partial charge in [-0.3, -0.25) is 4.79 Å². The average Bonchev–Trinajstić information content (AvgIpc) is 3.12. The van der Waals surface area contributed by atoms with E-state index in [-0.39, 0.29) is 23.8 Å². The third-order valence-electron chi connectivity index (χ3n) is 3.84. The molecule has 0 bridgehead atoms. The van der Waals surface area contributed by atoms with E-state index in [9.17, 15) is 22.4 Å². The third-order valence-corrected chi connectivity index (χ3v) is 3.84. The predicted octanol–water partition coefficient (Wildman–Crippen LogP) is 2.38. The van der Waals surface area contributed by atoms with Crippen LogP contribution in [0.1, 0.15) is 16.2 Å². The SMILES string of the molecule is CN(CC1COCCO1)C(=O)c1ccc(-c2noc(C(F)(F)F)n2)cc1F. The van der Waals surface area contributed by atoms with Gasteiger partial charge in [-0.05, 0) is 12.1 Å². The molecule has 0 spiro atoms. The molecule has 1 aliphatic rings. The van der Waals surface area contributed by atoms with Crippen molar-refractivity contribution in [3.8, 4) is 11.4 Å². The van der Waals surface area contributed by atoms with Gasteiger partial charge in [-0.15, -0.1) is 0 Å². The molecular formula is C16H15F4N3O4. The van der Waals surface area contributed by atoms with E-state index >= 15 is 0 Å². The Kier molecular flexibility index (Phi) is 5.42. The molecule has 1 aromatic carbocycles. The van der Waals surface area contributed by atoms with Gasteiger partial charge in [0.2, 0.25) is 5.82 Å². The van der Waals surface area contributed by atoms with Gasteiger partial charge < -0.3 is 18.9 Å². The minimum absolute atomic E-state index is 0.0463. The van der Waals surface area contributed by atoms with Crippen molar-refractivity contribution in [3.05, 3.63) is 35.5 Å². The molecule has 0 radical (unpaired) electrons. The van der Waals surface area contributed by atoms with Crippen molar-refractivity contribution in [3.63, 3.8) is 0 Å². The molecule has 1 aromatic heterocycles. The summed E-state index contributed by atoms with van der Waals surface area (Å²) in [5, 5.41) is 3.18. The molecule has 0 saturated carbocycles. The Morgan fingerprint density at radius 1 is 1.33 bits per heavy atom. The van der Waals surface area contributed by atoms with Crippen LogP contribution < -0.4 is 0 Å². The molecule has 0 N–H and O–H groups in total. The second-order valence-corrected chi connectivity index (χ2v) is 5.87. The third kappa shape index (κ3) is 4.42. The standard InChI is InChI=1S/C16H15F4N3O4/c1-23(7-10-8-25-4-5-26-10)14(24)11-3-2-9(6-12(11)17)13-21-15(27-22-13)16(18,19)20/h2-3,6,10H,4-5,7-8H2,1H3. The molecule has 7 nitrogen and oxygen atoms in total. The lowest BCUT2D eigenvalue weighted by atomic mass is 10.1. The number of rotatable bonds is 4. The summed E-state index contributed by atoms with van der Waals surface area (Å²) in [6.07, 6.45) is -5.11. The summed E-state index contributed by atoms with van der Waals surface area (Å²) in [5.74, 6) is -3.48. The Balaban J connectivity index is 1.74. The number of nitrogens with zero attached hydrogens (tertiary/aromatic N) is 3. The first-order chi connectivity index (χ1) is 12.8. The van der Waals surface area contributed by atoms with Gasteiger partial charge >= 0.3 is 12.1 Å². The lowest BCUT2D eigenvalue weighted by Crippen LogP contribution is -2.41. The molecule has 1 fully saturated rings. The molecule has 1 saturated heterocycles. The number of aromatic nitrogens is 2. The quantitative estimate of drug-likeness (QED) is 0.748. The maximum Gasteiger partial charge on any atom is 0.471 e. The Labute approximate surface area is 150 Å². The van der Waals surface area contributed by atoms with Crippen LogP contribution in [0.3, 0.4) is 0 Å². The second kappa shape index (κ2) is 7.61. The zero-order valence-electron chi connectivity index (χ0n) is 14.1. The number of halogens is 4. The van der Waals surface area contributed by atoms with E-state index in [0.717, 1.165) is 12.1 Å². The second-order valence-electron chi connectivity index (χ2n) is 5.87. The van der Waals surface area contributed by atoms with E-state index in [1.165, 1.54) is 18.0 Å². The largest absolute Gasteiger partial charge is 0.471 e. The Bertz CT molecular complexity index is 818. The van der Waals surface area contributed by atoms with E-state index in [4.69, 9.17) is 9.47 Å². The summed E-state index contributed by atoms with van der Waals surface area (Å²) in [4.78, 5) is 16.9. The van der Waals surface area contributed by atoms with Crippen molar-refractivity contribution >= 4 is 5.91 Å². The first-order valence-corrected chi connectivity index (χ1v) is 7.91. The van der Waals surface area contributed by atoms with Gasteiger partial charge in [-0.1, -0.05) is 11.2 Å². The zero-order valence-corrected chi connectivity index (χ0v) is 14.1. The van der Waals surface area contributed by atoms with Crippen molar-refractivity contribution in [1.82, 2.24) is 15.0 Å². The molecule has 1 aliphatic heterocycles. The molecule has 2 heterocycles. The van der Waals surface area contributed by atoms with E-state index in [2.05, 4.69) is 14.7 Å². The number of hydrogen-bond donors (Lipinski definition) is 0. The summed E-state index contributed by atoms with van der Waals surface area (Å²) in [7, 11) is 1.49. The fourth-order valence-electron chi connectivity index (χ4n) is 2.52. The van der Waals surface area contributed by atoms with Gasteiger partial charge in [0, 0.05) is 19.2 Å². The fraction of sp³-hybridized carbons (Fsp3) is 0.438. The highest BCUT2D eigenvalue weighted by Crippen LogP contribution is 2.29. The van der Waals surface area contributed by atoms with Crippen molar-refractivity contribution in [1.29, 1.82) is 0 Å². The van der Waals surface area contributed by atoms with Gasteiger partial charge in [-0.25, -0.2) is 4.39 Å². The van der Waals surface area contributed by atoms with E-state index in [1.54, 1.807) is 0 Å². The molecule has 2 aromatic rings. The molecule has 1 unspecified atom stereocenters. The summed E-state index contributed by atoms with van der Waals surface area (Å²) < 4.78 is 66.7. The molecule has 3 rings (SSSR count). The Hall–Kier alpha value is -2.53. The highest BCUT2D eigenvalue weighted by atomic mass is 19.4. The van der Waals surface area contributed by atoms with Crippen LogP contribution in [-0.4, -0.2) is 60.5 Å². The minimum Gasteiger partial charge on any atom is -0.376 e. The monoisotopic (exact) mass is 389 g/mol. The van der Waals surface area contributed by atoms with Crippen LogP contribution in [0, 0.1) is 5.82 Å². The van der Waals surface area contributed by atoms with Crippen molar-refractivity contribution in [2.45, 2.75) is 12.3 Å². The van der Waals surface area contributed by atoms with Gasteiger partial charge in [0.15, 0.2) is 0 Å². The normalized spacial score (nSPS) is 17.7. The predicted molar refractivity (Wildman–Crippen MR) is 82.2 cm³/mol. The average molecular weight is 389 g/mol. The van der Waals surface area contributed by atoms with Crippen LogP contribution in [-0.2, 0) is 15.7 Å². The summed E-state index contributed by atoms with van der Waals surface area (Å²) >= 11 is 0. The van der Waals surface area contributed by atoms with Crippen molar-refractivity contribution in [2.24, 2.45) is 0 Å². The van der Waals surface area contributed by atoms with E-state index < -0.39 is 29.6 Å². The van der Waals surface area contributed by atoms with Gasteiger partial charge in [0.1, 0.15) is 5.82 Å². The molecular weight excluding hydrogens is 374 g/mol. The lowest BCUT2D eigenvalue weighted by Gasteiger charge is -2.27. The lowest BCUT2D eigenvalue weighted by molar-refractivity contribution is -0.159. The first-order valence-electron chi connectivity index (χ1n) is 7.91. The molecule has 1 amide bonds.